The SMILES string of the molecule is C[C@@H](NC(=O)N1CCC(C(=O)O)CC1)c1ccc(F)cc1F. The molecule has 1 aliphatic rings. The van der Waals surface area contributed by atoms with Crippen LogP contribution in [-0.4, -0.2) is 35.1 Å². The zero-order valence-electron chi connectivity index (χ0n) is 12.2. The van der Waals surface area contributed by atoms with E-state index in [4.69, 9.17) is 5.11 Å². The van der Waals surface area contributed by atoms with E-state index in [2.05, 4.69) is 5.32 Å². The van der Waals surface area contributed by atoms with Crippen molar-refractivity contribution < 1.29 is 23.5 Å². The molecule has 22 heavy (non-hydrogen) atoms. The van der Waals surface area contributed by atoms with Gasteiger partial charge >= 0.3 is 12.0 Å². The Balaban J connectivity index is 1.93. The summed E-state index contributed by atoms with van der Waals surface area (Å²) >= 11 is 0. The third-order valence-electron chi connectivity index (χ3n) is 3.90. The number of hydrogen-bond donors (Lipinski definition) is 2. The van der Waals surface area contributed by atoms with Gasteiger partial charge in [-0.25, -0.2) is 13.6 Å². The molecular weight excluding hydrogens is 294 g/mol. The second kappa shape index (κ2) is 6.72. The number of carboxylic acids is 1. The lowest BCUT2D eigenvalue weighted by Gasteiger charge is -2.31. The van der Waals surface area contributed by atoms with Gasteiger partial charge in [0.15, 0.2) is 0 Å². The van der Waals surface area contributed by atoms with Gasteiger partial charge in [-0.1, -0.05) is 6.07 Å². The largest absolute Gasteiger partial charge is 0.481 e. The number of amides is 2. The molecule has 1 heterocycles. The molecule has 1 fully saturated rings. The Morgan fingerprint density at radius 3 is 2.50 bits per heavy atom. The number of carbonyl (C=O) groups is 2. The Labute approximate surface area is 126 Å². The highest BCUT2D eigenvalue weighted by atomic mass is 19.1. The number of piperidine rings is 1. The first kappa shape index (κ1) is 16.2. The van der Waals surface area contributed by atoms with Crippen LogP contribution in [0.3, 0.4) is 0 Å². The summed E-state index contributed by atoms with van der Waals surface area (Å²) in [6, 6.07) is 2.23. The number of nitrogens with one attached hydrogen (secondary N) is 1. The third-order valence-corrected chi connectivity index (χ3v) is 3.90. The zero-order chi connectivity index (χ0) is 16.3. The van der Waals surface area contributed by atoms with Gasteiger partial charge in [-0.05, 0) is 25.8 Å². The predicted octanol–water partition coefficient (Wildman–Crippen LogP) is 2.53. The summed E-state index contributed by atoms with van der Waals surface area (Å²) in [5.74, 6) is -2.65. The molecule has 5 nitrogen and oxygen atoms in total. The Morgan fingerprint density at radius 1 is 1.32 bits per heavy atom. The molecule has 7 heteroatoms. The number of hydrogen-bond acceptors (Lipinski definition) is 2. The molecule has 0 aliphatic carbocycles. The fraction of sp³-hybridized carbons (Fsp3) is 0.467. The van der Waals surface area contributed by atoms with E-state index in [1.165, 1.54) is 11.0 Å². The number of benzene rings is 1. The first-order chi connectivity index (χ1) is 10.4. The first-order valence-corrected chi connectivity index (χ1v) is 7.11. The van der Waals surface area contributed by atoms with Crippen molar-refractivity contribution in [3.05, 3.63) is 35.4 Å². The maximum atomic E-state index is 13.7. The van der Waals surface area contributed by atoms with Crippen LogP contribution in [0.2, 0.25) is 0 Å². The van der Waals surface area contributed by atoms with E-state index in [1.807, 2.05) is 0 Å². The molecule has 1 atom stereocenters. The van der Waals surface area contributed by atoms with Gasteiger partial charge in [-0.3, -0.25) is 4.79 Å². The molecule has 0 spiro atoms. The van der Waals surface area contributed by atoms with E-state index in [9.17, 15) is 18.4 Å². The monoisotopic (exact) mass is 312 g/mol. The van der Waals surface area contributed by atoms with Gasteiger partial charge in [-0.2, -0.15) is 0 Å². The quantitative estimate of drug-likeness (QED) is 0.901. The summed E-state index contributed by atoms with van der Waals surface area (Å²) in [4.78, 5) is 24.5. The molecule has 1 aliphatic heterocycles. The minimum atomic E-state index is -0.846. The summed E-state index contributed by atoms with van der Waals surface area (Å²) in [7, 11) is 0. The smallest absolute Gasteiger partial charge is 0.317 e. The van der Waals surface area contributed by atoms with Gasteiger partial charge in [0.2, 0.25) is 0 Å². The third kappa shape index (κ3) is 3.72. The van der Waals surface area contributed by atoms with Gasteiger partial charge in [-0.15, -0.1) is 0 Å². The van der Waals surface area contributed by atoms with Crippen LogP contribution in [0, 0.1) is 17.6 Å². The van der Waals surface area contributed by atoms with Crippen molar-refractivity contribution >= 4 is 12.0 Å². The van der Waals surface area contributed by atoms with Crippen LogP contribution >= 0.6 is 0 Å². The standard InChI is InChI=1S/C15H18F2N2O3/c1-9(12-3-2-11(16)8-13(12)17)18-15(22)19-6-4-10(5-7-19)14(20)21/h2-3,8-10H,4-7H2,1H3,(H,18,22)(H,20,21)/t9-/m1/s1. The summed E-state index contributed by atoms with van der Waals surface area (Å²) in [6.07, 6.45) is 0.810. The molecular formula is C15H18F2N2O3. The van der Waals surface area contributed by atoms with Gasteiger partial charge in [0.1, 0.15) is 11.6 Å². The van der Waals surface area contributed by atoms with Gasteiger partial charge in [0, 0.05) is 24.7 Å². The van der Waals surface area contributed by atoms with Crippen LogP contribution in [0.5, 0.6) is 0 Å². The van der Waals surface area contributed by atoms with E-state index >= 15 is 0 Å². The van der Waals surface area contributed by atoms with Crippen LogP contribution in [-0.2, 0) is 4.79 Å². The highest BCUT2D eigenvalue weighted by Crippen LogP contribution is 2.20. The van der Waals surface area contributed by atoms with E-state index in [-0.39, 0.29) is 11.6 Å². The van der Waals surface area contributed by atoms with Crippen LogP contribution < -0.4 is 5.32 Å². The van der Waals surface area contributed by atoms with Crippen molar-refractivity contribution in [3.8, 4) is 0 Å². The molecule has 1 saturated heterocycles. The number of halogens is 2. The summed E-state index contributed by atoms with van der Waals surface area (Å²) < 4.78 is 26.5. The number of aliphatic carboxylic acids is 1. The van der Waals surface area contributed by atoms with Crippen LogP contribution in [0.15, 0.2) is 18.2 Å². The van der Waals surface area contributed by atoms with Crippen molar-refractivity contribution in [2.45, 2.75) is 25.8 Å². The molecule has 2 amide bonds. The van der Waals surface area contributed by atoms with E-state index in [0.717, 1.165) is 12.1 Å². The molecule has 0 saturated carbocycles. The molecule has 0 radical (unpaired) electrons. The lowest BCUT2D eigenvalue weighted by Crippen LogP contribution is -2.46. The van der Waals surface area contributed by atoms with Crippen molar-refractivity contribution in [2.24, 2.45) is 5.92 Å². The molecule has 2 rings (SSSR count). The van der Waals surface area contributed by atoms with E-state index in [0.29, 0.717) is 25.9 Å². The van der Waals surface area contributed by atoms with Gasteiger partial charge < -0.3 is 15.3 Å². The fourth-order valence-electron chi connectivity index (χ4n) is 2.54. The van der Waals surface area contributed by atoms with Crippen molar-refractivity contribution in [2.75, 3.05) is 13.1 Å². The lowest BCUT2D eigenvalue weighted by atomic mass is 9.97. The Morgan fingerprint density at radius 2 is 1.95 bits per heavy atom. The number of carbonyl (C=O) groups excluding carboxylic acids is 1. The predicted molar refractivity (Wildman–Crippen MR) is 75.2 cm³/mol. The van der Waals surface area contributed by atoms with Gasteiger partial charge in [0.05, 0.1) is 12.0 Å². The van der Waals surface area contributed by atoms with E-state index in [1.54, 1.807) is 6.92 Å². The number of likely N-dealkylation sites (tertiary alicyclic amines) is 1. The second-order valence-electron chi connectivity index (χ2n) is 5.44. The Hall–Kier alpha value is -2.18. The lowest BCUT2D eigenvalue weighted by molar-refractivity contribution is -0.143. The minimum Gasteiger partial charge on any atom is -0.481 e. The average Bonchev–Trinajstić information content (AvgIpc) is 2.47. The van der Waals surface area contributed by atoms with Crippen molar-refractivity contribution in [1.82, 2.24) is 10.2 Å². The molecule has 120 valence electrons. The van der Waals surface area contributed by atoms with Crippen molar-refractivity contribution in [3.63, 3.8) is 0 Å². The highest BCUT2D eigenvalue weighted by Gasteiger charge is 2.27. The summed E-state index contributed by atoms with van der Waals surface area (Å²) in [5, 5.41) is 11.6. The molecule has 1 aromatic carbocycles. The van der Waals surface area contributed by atoms with Crippen LogP contribution in [0.1, 0.15) is 31.4 Å². The summed E-state index contributed by atoms with van der Waals surface area (Å²) in [6.45, 7) is 2.31. The second-order valence-corrected chi connectivity index (χ2v) is 5.44. The highest BCUT2D eigenvalue weighted by molar-refractivity contribution is 5.75. The minimum absolute atomic E-state index is 0.204. The van der Waals surface area contributed by atoms with Crippen LogP contribution in [0.25, 0.3) is 0 Å². The zero-order valence-corrected chi connectivity index (χ0v) is 12.2. The molecule has 0 unspecified atom stereocenters. The fourth-order valence-corrected chi connectivity index (χ4v) is 2.54. The topological polar surface area (TPSA) is 69.6 Å². The van der Waals surface area contributed by atoms with Crippen molar-refractivity contribution in [1.29, 1.82) is 0 Å². The first-order valence-electron chi connectivity index (χ1n) is 7.11. The number of urea groups is 1. The van der Waals surface area contributed by atoms with E-state index < -0.39 is 29.6 Å². The number of rotatable bonds is 3. The molecule has 1 aromatic rings. The average molecular weight is 312 g/mol. The van der Waals surface area contributed by atoms with Crippen LogP contribution in [0.4, 0.5) is 13.6 Å². The number of nitrogens with zero attached hydrogens (tertiary/aromatic N) is 1. The maximum absolute atomic E-state index is 13.7. The Bertz CT molecular complexity index is 572. The van der Waals surface area contributed by atoms with Gasteiger partial charge in [0.25, 0.3) is 0 Å². The molecule has 0 bridgehead atoms. The molecule has 2 N–H and O–H groups in total. The Kier molecular flexibility index (Phi) is 4.95. The summed E-state index contributed by atoms with van der Waals surface area (Å²) in [5.41, 5.74) is 0.204. The maximum Gasteiger partial charge on any atom is 0.317 e. The number of carboxylic acid groups (broad SMARTS) is 1. The normalized spacial score (nSPS) is 17.1. The molecule has 0 aromatic heterocycles.